The second kappa shape index (κ2) is 6.33. The molecular weight excluding hydrogens is 270 g/mol. The van der Waals surface area contributed by atoms with Crippen molar-refractivity contribution >= 4 is 34.1 Å². The van der Waals surface area contributed by atoms with Crippen molar-refractivity contribution in [1.82, 2.24) is 14.7 Å². The maximum Gasteiger partial charge on any atom is 0.225 e. The molecule has 0 amide bonds. The summed E-state index contributed by atoms with van der Waals surface area (Å²) in [6.07, 6.45) is 2.31. The number of benzene rings is 1. The van der Waals surface area contributed by atoms with Crippen LogP contribution < -0.4 is 4.72 Å². The van der Waals surface area contributed by atoms with Crippen LogP contribution in [-0.4, -0.2) is 25.3 Å². The largest absolute Gasteiger partial charge is 0.329 e. The normalized spacial score (nSPS) is 13.0. The summed E-state index contributed by atoms with van der Waals surface area (Å²) >= 11 is -0.509. The maximum atomic E-state index is 10.9. The van der Waals surface area contributed by atoms with Crippen molar-refractivity contribution < 1.29 is 8.76 Å². The summed E-state index contributed by atoms with van der Waals surface area (Å²) in [6, 6.07) is 5.70. The number of hydrogen-bond donors (Lipinski definition) is 3. The SMILES string of the molecule is CCCCNSc1ccc2nc(S(=O)O)[nH]c2c1. The van der Waals surface area contributed by atoms with Gasteiger partial charge in [-0.05, 0) is 36.6 Å². The van der Waals surface area contributed by atoms with E-state index in [1.54, 1.807) is 11.9 Å². The molecule has 7 heteroatoms. The van der Waals surface area contributed by atoms with Crippen molar-refractivity contribution in [2.75, 3.05) is 6.54 Å². The summed E-state index contributed by atoms with van der Waals surface area (Å²) < 4.78 is 23.1. The molecule has 1 aromatic carbocycles. The molecule has 2 rings (SSSR count). The molecule has 5 nitrogen and oxygen atoms in total. The van der Waals surface area contributed by atoms with E-state index in [4.69, 9.17) is 4.55 Å². The molecule has 0 aliphatic rings. The number of unbranched alkanes of at least 4 members (excludes halogenated alkanes) is 1. The van der Waals surface area contributed by atoms with Crippen LogP contribution >= 0.6 is 11.9 Å². The first kappa shape index (κ1) is 13.5. The third-order valence-corrected chi connectivity index (χ3v) is 3.78. The Hall–Kier alpha value is -0.890. The third-order valence-electron chi connectivity index (χ3n) is 2.42. The molecule has 2 aromatic rings. The van der Waals surface area contributed by atoms with Crippen LogP contribution in [0.2, 0.25) is 0 Å². The number of aromatic nitrogens is 2. The lowest BCUT2D eigenvalue weighted by Crippen LogP contribution is -2.04. The van der Waals surface area contributed by atoms with Gasteiger partial charge >= 0.3 is 0 Å². The predicted octanol–water partition coefficient (Wildman–Crippen LogP) is 2.54. The highest BCUT2D eigenvalue weighted by atomic mass is 32.2. The first-order valence-corrected chi connectivity index (χ1v) is 7.63. The van der Waals surface area contributed by atoms with Gasteiger partial charge in [-0.1, -0.05) is 13.3 Å². The molecule has 1 heterocycles. The molecule has 0 aliphatic heterocycles. The average molecular weight is 285 g/mol. The van der Waals surface area contributed by atoms with Gasteiger partial charge in [-0.3, -0.25) is 9.27 Å². The Morgan fingerprint density at radius 1 is 1.56 bits per heavy atom. The summed E-state index contributed by atoms with van der Waals surface area (Å²) in [6.45, 7) is 3.12. The number of nitrogens with one attached hydrogen (secondary N) is 2. The Labute approximate surface area is 112 Å². The summed E-state index contributed by atoms with van der Waals surface area (Å²) in [7, 11) is 0. The van der Waals surface area contributed by atoms with Crippen LogP contribution in [0.15, 0.2) is 28.3 Å². The molecule has 0 aliphatic carbocycles. The first-order valence-electron chi connectivity index (χ1n) is 5.71. The molecule has 0 saturated heterocycles. The molecule has 98 valence electrons. The fourth-order valence-corrected chi connectivity index (χ4v) is 2.59. The van der Waals surface area contributed by atoms with E-state index in [1.165, 1.54) is 6.42 Å². The molecule has 0 bridgehead atoms. The highest BCUT2D eigenvalue weighted by molar-refractivity contribution is 7.97. The average Bonchev–Trinajstić information content (AvgIpc) is 2.78. The van der Waals surface area contributed by atoms with Crippen LogP contribution in [0.3, 0.4) is 0 Å². The van der Waals surface area contributed by atoms with Gasteiger partial charge in [-0.2, -0.15) is 0 Å². The molecule has 0 spiro atoms. The van der Waals surface area contributed by atoms with Crippen LogP contribution in [0.5, 0.6) is 0 Å². The second-order valence-electron chi connectivity index (χ2n) is 3.82. The Morgan fingerprint density at radius 3 is 3.11 bits per heavy atom. The second-order valence-corrected chi connectivity index (χ2v) is 5.67. The van der Waals surface area contributed by atoms with Gasteiger partial charge < -0.3 is 4.98 Å². The van der Waals surface area contributed by atoms with E-state index < -0.39 is 11.1 Å². The van der Waals surface area contributed by atoms with Crippen molar-refractivity contribution in [3.63, 3.8) is 0 Å². The molecule has 3 N–H and O–H groups in total. The third kappa shape index (κ3) is 3.32. The lowest BCUT2D eigenvalue weighted by molar-refractivity contribution is 0.557. The molecule has 1 aromatic heterocycles. The topological polar surface area (TPSA) is 78.0 Å². The van der Waals surface area contributed by atoms with E-state index in [1.807, 2.05) is 18.2 Å². The van der Waals surface area contributed by atoms with Crippen LogP contribution in [0, 0.1) is 0 Å². The van der Waals surface area contributed by atoms with Gasteiger partial charge in [0.2, 0.25) is 16.2 Å². The monoisotopic (exact) mass is 285 g/mol. The summed E-state index contributed by atoms with van der Waals surface area (Å²) in [4.78, 5) is 7.92. The Balaban J connectivity index is 2.09. The zero-order valence-electron chi connectivity index (χ0n) is 9.97. The number of rotatable bonds is 6. The number of aromatic amines is 1. The lowest BCUT2D eigenvalue weighted by Gasteiger charge is -2.02. The maximum absolute atomic E-state index is 10.9. The molecule has 0 fully saturated rings. The number of fused-ring (bicyclic) bond motifs is 1. The fraction of sp³-hybridized carbons (Fsp3) is 0.364. The molecule has 1 atom stereocenters. The predicted molar refractivity (Wildman–Crippen MR) is 73.9 cm³/mol. The number of nitrogens with zero attached hydrogens (tertiary/aromatic N) is 1. The lowest BCUT2D eigenvalue weighted by atomic mass is 10.3. The number of imidazole rings is 1. The minimum atomic E-state index is -2.07. The zero-order chi connectivity index (χ0) is 13.0. The van der Waals surface area contributed by atoms with Gasteiger partial charge in [0.05, 0.1) is 11.0 Å². The van der Waals surface area contributed by atoms with Crippen molar-refractivity contribution in [2.45, 2.75) is 29.8 Å². The van der Waals surface area contributed by atoms with E-state index in [2.05, 4.69) is 21.6 Å². The number of H-pyrrole nitrogens is 1. The Bertz CT molecular complexity index is 556. The quantitative estimate of drug-likeness (QED) is 0.432. The molecular formula is C11H15N3O2S2. The number of hydrogen-bond acceptors (Lipinski definition) is 4. The summed E-state index contributed by atoms with van der Waals surface area (Å²) in [5.41, 5.74) is 1.47. The van der Waals surface area contributed by atoms with Gasteiger partial charge in [0, 0.05) is 11.4 Å². The van der Waals surface area contributed by atoms with Gasteiger partial charge in [-0.15, -0.1) is 0 Å². The van der Waals surface area contributed by atoms with Crippen LogP contribution in [-0.2, 0) is 11.1 Å². The van der Waals surface area contributed by atoms with Crippen molar-refractivity contribution in [2.24, 2.45) is 0 Å². The Kier molecular flexibility index (Phi) is 4.76. The fourth-order valence-electron chi connectivity index (χ4n) is 1.49. The highest BCUT2D eigenvalue weighted by Crippen LogP contribution is 2.21. The smallest absolute Gasteiger partial charge is 0.225 e. The van der Waals surface area contributed by atoms with E-state index in [-0.39, 0.29) is 5.16 Å². The summed E-state index contributed by atoms with van der Waals surface area (Å²) in [5, 5.41) is 0.0890. The van der Waals surface area contributed by atoms with E-state index >= 15 is 0 Å². The van der Waals surface area contributed by atoms with Crippen LogP contribution in [0.4, 0.5) is 0 Å². The molecule has 1 unspecified atom stereocenters. The van der Waals surface area contributed by atoms with Crippen molar-refractivity contribution in [3.05, 3.63) is 18.2 Å². The summed E-state index contributed by atoms with van der Waals surface area (Å²) in [5.74, 6) is 0. The van der Waals surface area contributed by atoms with E-state index in [9.17, 15) is 4.21 Å². The van der Waals surface area contributed by atoms with Gasteiger partial charge in [0.1, 0.15) is 0 Å². The van der Waals surface area contributed by atoms with Crippen LogP contribution in [0.25, 0.3) is 11.0 Å². The zero-order valence-corrected chi connectivity index (χ0v) is 11.6. The standard InChI is InChI=1S/C11H15N3O2S2/c1-2-3-6-12-17-8-4-5-9-10(7-8)14-11(13-9)18(15)16/h4-5,7,12H,2-3,6H2,1H3,(H,13,14)(H,15,16). The van der Waals surface area contributed by atoms with Gasteiger partial charge in [0.25, 0.3) is 0 Å². The molecule has 0 saturated carbocycles. The minimum Gasteiger partial charge on any atom is -0.329 e. The highest BCUT2D eigenvalue weighted by Gasteiger charge is 2.07. The minimum absolute atomic E-state index is 0.0890. The van der Waals surface area contributed by atoms with Gasteiger partial charge in [-0.25, -0.2) is 9.19 Å². The van der Waals surface area contributed by atoms with Crippen molar-refractivity contribution in [3.8, 4) is 0 Å². The first-order chi connectivity index (χ1) is 8.70. The van der Waals surface area contributed by atoms with Crippen LogP contribution in [0.1, 0.15) is 19.8 Å². The van der Waals surface area contributed by atoms with Crippen molar-refractivity contribution in [1.29, 1.82) is 0 Å². The van der Waals surface area contributed by atoms with E-state index in [0.29, 0.717) is 5.52 Å². The molecule has 0 radical (unpaired) electrons. The van der Waals surface area contributed by atoms with Gasteiger partial charge in [0.15, 0.2) is 0 Å². The Morgan fingerprint density at radius 2 is 2.39 bits per heavy atom. The molecule has 18 heavy (non-hydrogen) atoms. The van der Waals surface area contributed by atoms with E-state index in [0.717, 1.165) is 23.4 Å².